The van der Waals surface area contributed by atoms with Gasteiger partial charge in [0.05, 0.1) is 0 Å². The molecule has 1 unspecified atom stereocenters. The number of benzene rings is 1. The van der Waals surface area contributed by atoms with Gasteiger partial charge in [0, 0.05) is 28.0 Å². The maximum absolute atomic E-state index is 6.09. The van der Waals surface area contributed by atoms with Crippen molar-refractivity contribution in [2.24, 2.45) is 5.73 Å². The molecule has 0 aliphatic rings. The first kappa shape index (κ1) is 16.7. The van der Waals surface area contributed by atoms with Crippen LogP contribution in [0.2, 0.25) is 0 Å². The maximum atomic E-state index is 6.09. The van der Waals surface area contributed by atoms with Crippen LogP contribution in [0.25, 0.3) is 0 Å². The second kappa shape index (κ2) is 7.54. The molecule has 0 aliphatic heterocycles. The van der Waals surface area contributed by atoms with Crippen LogP contribution >= 0.6 is 27.3 Å². The molecular weight excluding hydrogens is 344 g/mol. The summed E-state index contributed by atoms with van der Waals surface area (Å²) in [5.74, 6) is 0. The predicted octanol–water partition coefficient (Wildman–Crippen LogP) is 3.95. The minimum Gasteiger partial charge on any atom is -0.329 e. The molecule has 4 heteroatoms. The number of rotatable bonds is 7. The molecule has 1 heterocycles. The van der Waals surface area contributed by atoms with Gasteiger partial charge in [-0.3, -0.25) is 4.90 Å². The molecule has 0 saturated carbocycles. The first-order valence-electron chi connectivity index (χ1n) is 7.22. The summed E-state index contributed by atoms with van der Waals surface area (Å²) in [5.41, 5.74) is 7.41. The van der Waals surface area contributed by atoms with Gasteiger partial charge in [-0.05, 0) is 56.0 Å². The lowest BCUT2D eigenvalue weighted by atomic mass is 9.91. The Kier molecular flexibility index (Phi) is 5.99. The molecule has 1 aromatic heterocycles. The molecule has 0 saturated heterocycles. The van der Waals surface area contributed by atoms with E-state index in [9.17, 15) is 0 Å². The minimum absolute atomic E-state index is 0.00884. The fourth-order valence-electron chi connectivity index (χ4n) is 2.41. The third-order valence-electron chi connectivity index (χ3n) is 4.13. The summed E-state index contributed by atoms with van der Waals surface area (Å²) in [7, 11) is 2.18. The Morgan fingerprint density at radius 1 is 1.24 bits per heavy atom. The molecule has 2 aromatic rings. The van der Waals surface area contributed by atoms with Crippen LogP contribution in [-0.2, 0) is 12.8 Å². The molecule has 1 atom stereocenters. The summed E-state index contributed by atoms with van der Waals surface area (Å²) < 4.78 is 1.12. The van der Waals surface area contributed by atoms with Crippen LogP contribution in [0, 0.1) is 0 Å². The van der Waals surface area contributed by atoms with Crippen LogP contribution in [-0.4, -0.2) is 30.6 Å². The molecule has 114 valence electrons. The Labute approximate surface area is 140 Å². The van der Waals surface area contributed by atoms with Crippen LogP contribution in [0.5, 0.6) is 0 Å². The van der Waals surface area contributed by atoms with E-state index in [1.165, 1.54) is 10.4 Å². The number of likely N-dealkylation sites (N-methyl/N-ethyl adjacent to an activating group) is 1. The summed E-state index contributed by atoms with van der Waals surface area (Å²) in [5, 5.41) is 2.14. The molecule has 0 aliphatic carbocycles. The highest BCUT2D eigenvalue weighted by molar-refractivity contribution is 9.10. The molecule has 0 fully saturated rings. The zero-order chi connectivity index (χ0) is 15.3. The monoisotopic (exact) mass is 366 g/mol. The van der Waals surface area contributed by atoms with Gasteiger partial charge in [-0.15, -0.1) is 11.3 Å². The lowest BCUT2D eigenvalue weighted by Gasteiger charge is -2.38. The van der Waals surface area contributed by atoms with Gasteiger partial charge >= 0.3 is 0 Å². The lowest BCUT2D eigenvalue weighted by molar-refractivity contribution is 0.146. The van der Waals surface area contributed by atoms with Crippen LogP contribution in [0.1, 0.15) is 17.4 Å². The Balaban J connectivity index is 1.99. The number of nitrogens with two attached hydrogens (primary N) is 1. The van der Waals surface area contributed by atoms with Crippen molar-refractivity contribution >= 4 is 27.3 Å². The Bertz CT molecular complexity index is 538. The molecule has 2 rings (SSSR count). The molecule has 0 radical (unpaired) electrons. The van der Waals surface area contributed by atoms with Crippen molar-refractivity contribution in [3.63, 3.8) is 0 Å². The summed E-state index contributed by atoms with van der Waals surface area (Å²) in [4.78, 5) is 3.83. The van der Waals surface area contributed by atoms with Crippen molar-refractivity contribution in [3.05, 3.63) is 56.7 Å². The molecule has 2 N–H and O–H groups in total. The average molecular weight is 367 g/mol. The van der Waals surface area contributed by atoms with Gasteiger partial charge in [0.25, 0.3) is 0 Å². The third kappa shape index (κ3) is 4.65. The van der Waals surface area contributed by atoms with Gasteiger partial charge in [0.2, 0.25) is 0 Å². The quantitative estimate of drug-likeness (QED) is 0.803. The van der Waals surface area contributed by atoms with Crippen molar-refractivity contribution in [2.75, 3.05) is 20.1 Å². The van der Waals surface area contributed by atoms with E-state index in [0.717, 1.165) is 23.9 Å². The van der Waals surface area contributed by atoms with E-state index in [-0.39, 0.29) is 5.54 Å². The van der Waals surface area contributed by atoms with E-state index in [0.29, 0.717) is 6.54 Å². The summed E-state index contributed by atoms with van der Waals surface area (Å²) >= 11 is 5.31. The van der Waals surface area contributed by atoms with Gasteiger partial charge in [-0.25, -0.2) is 0 Å². The topological polar surface area (TPSA) is 29.3 Å². The van der Waals surface area contributed by atoms with Gasteiger partial charge < -0.3 is 5.73 Å². The van der Waals surface area contributed by atoms with Crippen molar-refractivity contribution < 1.29 is 0 Å². The number of thiophene rings is 1. The fraction of sp³-hybridized carbons (Fsp3) is 0.412. The number of nitrogens with zero attached hydrogens (tertiary/aromatic N) is 1. The van der Waals surface area contributed by atoms with Gasteiger partial charge in [0.1, 0.15) is 0 Å². The molecule has 2 nitrogen and oxygen atoms in total. The summed E-state index contributed by atoms with van der Waals surface area (Å²) in [6.45, 7) is 3.94. The standard InChI is InChI=1S/C17H23BrN2S/c1-17(13-19,12-14-5-7-15(18)8-6-14)20(2)10-9-16-4-3-11-21-16/h3-8,11H,9-10,12-13,19H2,1-2H3. The SMILES string of the molecule is CN(CCc1cccs1)C(C)(CN)Cc1ccc(Br)cc1. The highest BCUT2D eigenvalue weighted by Crippen LogP contribution is 2.21. The van der Waals surface area contributed by atoms with E-state index >= 15 is 0 Å². The highest BCUT2D eigenvalue weighted by atomic mass is 79.9. The highest BCUT2D eigenvalue weighted by Gasteiger charge is 2.27. The van der Waals surface area contributed by atoms with Crippen LogP contribution < -0.4 is 5.73 Å². The van der Waals surface area contributed by atoms with Crippen molar-refractivity contribution in [2.45, 2.75) is 25.3 Å². The Morgan fingerprint density at radius 2 is 1.95 bits per heavy atom. The number of halogens is 1. The van der Waals surface area contributed by atoms with Gasteiger partial charge in [-0.1, -0.05) is 34.1 Å². The Morgan fingerprint density at radius 3 is 2.52 bits per heavy atom. The molecular formula is C17H23BrN2S. The summed E-state index contributed by atoms with van der Waals surface area (Å²) in [6.07, 6.45) is 2.06. The molecule has 21 heavy (non-hydrogen) atoms. The van der Waals surface area contributed by atoms with Crippen LogP contribution in [0.15, 0.2) is 46.3 Å². The lowest BCUT2D eigenvalue weighted by Crippen LogP contribution is -2.52. The first-order valence-corrected chi connectivity index (χ1v) is 8.89. The summed E-state index contributed by atoms with van der Waals surface area (Å²) in [6, 6.07) is 12.9. The van der Waals surface area contributed by atoms with Gasteiger partial charge in [-0.2, -0.15) is 0 Å². The molecule has 0 bridgehead atoms. The van der Waals surface area contributed by atoms with E-state index in [1.807, 2.05) is 11.3 Å². The van der Waals surface area contributed by atoms with Crippen LogP contribution in [0.4, 0.5) is 0 Å². The predicted molar refractivity (Wildman–Crippen MR) is 96.0 cm³/mol. The van der Waals surface area contributed by atoms with Crippen molar-refractivity contribution in [1.82, 2.24) is 4.90 Å². The normalized spacial score (nSPS) is 14.3. The molecule has 0 spiro atoms. The van der Waals surface area contributed by atoms with E-state index in [4.69, 9.17) is 5.73 Å². The van der Waals surface area contributed by atoms with Crippen LogP contribution in [0.3, 0.4) is 0 Å². The smallest absolute Gasteiger partial charge is 0.0340 e. The Hall–Kier alpha value is -0.680. The van der Waals surface area contributed by atoms with E-state index in [1.54, 1.807) is 0 Å². The zero-order valence-electron chi connectivity index (χ0n) is 12.7. The number of hydrogen-bond acceptors (Lipinski definition) is 3. The van der Waals surface area contributed by atoms with E-state index < -0.39 is 0 Å². The van der Waals surface area contributed by atoms with Gasteiger partial charge in [0.15, 0.2) is 0 Å². The fourth-order valence-corrected chi connectivity index (χ4v) is 3.37. The van der Waals surface area contributed by atoms with Crippen molar-refractivity contribution in [3.8, 4) is 0 Å². The van der Waals surface area contributed by atoms with E-state index in [2.05, 4.69) is 76.6 Å². The number of hydrogen-bond donors (Lipinski definition) is 1. The minimum atomic E-state index is -0.00884. The average Bonchev–Trinajstić information content (AvgIpc) is 3.00. The largest absolute Gasteiger partial charge is 0.329 e. The second-order valence-corrected chi connectivity index (χ2v) is 7.70. The maximum Gasteiger partial charge on any atom is 0.0340 e. The molecule has 0 amide bonds. The molecule has 1 aromatic carbocycles. The second-order valence-electron chi connectivity index (χ2n) is 5.76. The zero-order valence-corrected chi connectivity index (χ0v) is 15.1. The first-order chi connectivity index (χ1) is 10.0. The van der Waals surface area contributed by atoms with Crippen molar-refractivity contribution in [1.29, 1.82) is 0 Å². The third-order valence-corrected chi connectivity index (χ3v) is 5.60.